The normalized spacial score (nSPS) is 16.0. The maximum absolute atomic E-state index is 5.51. The summed E-state index contributed by atoms with van der Waals surface area (Å²) in [6.07, 6.45) is 16.9. The molecule has 0 saturated carbocycles. The van der Waals surface area contributed by atoms with Crippen molar-refractivity contribution >= 4 is 94.0 Å². The molecule has 0 spiro atoms. The standard InChI is InChI=1S/C45H38B5N5/c46-36-35(37(47)39(49)40(50)38(36)48)44-51-43(27-15-11-14-26(24-27)25-12-3-1-4-13-25)52-45(53-44)55-34-21-10-8-19-30(34)32-23-22-31-29-18-7-9-20-33(29)54(41(31)42(32)55)28-16-5-2-6-17-28/h1,3-5,7-17,19-24,29H,2,6,18,46-50H2. The van der Waals surface area contributed by atoms with Gasteiger partial charge < -0.3 is 4.90 Å². The van der Waals surface area contributed by atoms with Gasteiger partial charge in [-0.25, -0.2) is 4.98 Å². The monoisotopic (exact) mass is 703 g/mol. The van der Waals surface area contributed by atoms with E-state index < -0.39 is 0 Å². The summed E-state index contributed by atoms with van der Waals surface area (Å²) >= 11 is 0. The minimum Gasteiger partial charge on any atom is -0.312 e. The van der Waals surface area contributed by atoms with E-state index in [0.717, 1.165) is 52.5 Å². The Hall–Kier alpha value is -6.01. The molecule has 2 aromatic heterocycles. The molecule has 1 aliphatic heterocycles. The van der Waals surface area contributed by atoms with Crippen LogP contribution >= 0.6 is 0 Å². The molecule has 5 aromatic carbocycles. The van der Waals surface area contributed by atoms with Gasteiger partial charge in [0.2, 0.25) is 5.95 Å². The molecule has 55 heavy (non-hydrogen) atoms. The smallest absolute Gasteiger partial charge is 0.238 e. The van der Waals surface area contributed by atoms with E-state index in [1.165, 1.54) is 60.7 Å². The van der Waals surface area contributed by atoms with E-state index in [1.54, 1.807) is 0 Å². The van der Waals surface area contributed by atoms with E-state index in [2.05, 4.69) is 176 Å². The number of para-hydroxylation sites is 1. The highest BCUT2D eigenvalue weighted by atomic mass is 15.2. The Balaban J connectivity index is 1.31. The van der Waals surface area contributed by atoms with E-state index in [0.29, 0.717) is 17.6 Å². The molecule has 1 unspecified atom stereocenters. The molecule has 0 bridgehead atoms. The van der Waals surface area contributed by atoms with Crippen LogP contribution in [0.1, 0.15) is 30.7 Å². The average Bonchev–Trinajstić information content (AvgIpc) is 3.76. The van der Waals surface area contributed by atoms with Gasteiger partial charge in [0.05, 0.1) is 16.7 Å². The van der Waals surface area contributed by atoms with Gasteiger partial charge in [0.25, 0.3) is 0 Å². The fraction of sp³-hybridized carbons (Fsp3) is 0.0889. The first-order valence-corrected chi connectivity index (χ1v) is 19.5. The van der Waals surface area contributed by atoms with Gasteiger partial charge in [-0.15, -0.1) is 16.4 Å². The number of nitrogens with zero attached hydrogens (tertiary/aromatic N) is 5. The number of rotatable bonds is 5. The molecule has 2 aliphatic carbocycles. The third kappa shape index (κ3) is 5.26. The van der Waals surface area contributed by atoms with Crippen molar-refractivity contribution in [3.05, 3.63) is 144 Å². The zero-order chi connectivity index (χ0) is 37.4. The molecule has 0 radical (unpaired) electrons. The van der Waals surface area contributed by atoms with Crippen LogP contribution in [0.2, 0.25) is 0 Å². The zero-order valence-electron chi connectivity index (χ0n) is 32.1. The predicted octanol–water partition coefficient (Wildman–Crippen LogP) is 2.24. The van der Waals surface area contributed by atoms with Crippen molar-refractivity contribution in [1.82, 2.24) is 19.5 Å². The lowest BCUT2D eigenvalue weighted by Crippen LogP contribution is -2.55. The number of hydrogen-bond donors (Lipinski definition) is 0. The van der Waals surface area contributed by atoms with Crippen LogP contribution in [0.15, 0.2) is 139 Å². The molecular weight excluding hydrogens is 665 g/mol. The Morgan fingerprint density at radius 1 is 0.618 bits per heavy atom. The lowest BCUT2D eigenvalue weighted by molar-refractivity contribution is 0.811. The van der Waals surface area contributed by atoms with Gasteiger partial charge in [-0.1, -0.05) is 114 Å². The lowest BCUT2D eigenvalue weighted by Gasteiger charge is -2.27. The van der Waals surface area contributed by atoms with E-state index >= 15 is 0 Å². The second-order valence-electron chi connectivity index (χ2n) is 15.2. The summed E-state index contributed by atoms with van der Waals surface area (Å²) in [6.45, 7) is 0. The van der Waals surface area contributed by atoms with Gasteiger partial charge in [0, 0.05) is 39.2 Å². The van der Waals surface area contributed by atoms with E-state index in [-0.39, 0.29) is 5.92 Å². The highest BCUT2D eigenvalue weighted by molar-refractivity contribution is 6.68. The summed E-state index contributed by atoms with van der Waals surface area (Å²) < 4.78 is 2.32. The quantitative estimate of drug-likeness (QED) is 0.259. The largest absolute Gasteiger partial charge is 0.312 e. The third-order valence-electron chi connectivity index (χ3n) is 12.3. The van der Waals surface area contributed by atoms with E-state index in [9.17, 15) is 0 Å². The molecule has 1 atom stereocenters. The van der Waals surface area contributed by atoms with Crippen molar-refractivity contribution in [3.63, 3.8) is 0 Å². The summed E-state index contributed by atoms with van der Waals surface area (Å²) in [4.78, 5) is 18.8. The summed E-state index contributed by atoms with van der Waals surface area (Å²) in [5.74, 6) is 2.25. The molecule has 0 fully saturated rings. The lowest BCUT2D eigenvalue weighted by atomic mass is 9.60. The zero-order valence-corrected chi connectivity index (χ0v) is 32.1. The molecule has 3 heterocycles. The highest BCUT2D eigenvalue weighted by Crippen LogP contribution is 2.53. The molecule has 7 aromatic rings. The van der Waals surface area contributed by atoms with Crippen LogP contribution in [0, 0.1) is 0 Å². The van der Waals surface area contributed by atoms with Crippen LogP contribution in [0.3, 0.4) is 0 Å². The van der Waals surface area contributed by atoms with Crippen LogP contribution in [-0.2, 0) is 0 Å². The Morgan fingerprint density at radius 2 is 1.35 bits per heavy atom. The number of fused-ring (bicyclic) bond motifs is 7. The van der Waals surface area contributed by atoms with Crippen molar-refractivity contribution in [2.24, 2.45) is 0 Å². The molecular formula is C45H38B5N5. The Kier molecular flexibility index (Phi) is 7.98. The summed E-state index contributed by atoms with van der Waals surface area (Å²) in [5, 5.41) is 2.37. The van der Waals surface area contributed by atoms with Gasteiger partial charge in [0.15, 0.2) is 11.6 Å². The van der Waals surface area contributed by atoms with Crippen molar-refractivity contribution in [2.45, 2.75) is 25.2 Å². The van der Waals surface area contributed by atoms with E-state index in [4.69, 9.17) is 15.0 Å². The average molecular weight is 703 g/mol. The fourth-order valence-electron chi connectivity index (χ4n) is 9.10. The van der Waals surface area contributed by atoms with Crippen molar-refractivity contribution in [2.75, 3.05) is 4.90 Å². The third-order valence-corrected chi connectivity index (χ3v) is 12.3. The number of allylic oxidation sites excluding steroid dienone is 7. The van der Waals surface area contributed by atoms with Gasteiger partial charge in [-0.05, 0) is 60.2 Å². The minimum absolute atomic E-state index is 0.279. The van der Waals surface area contributed by atoms with Crippen LogP contribution in [0.4, 0.5) is 5.69 Å². The van der Waals surface area contributed by atoms with Crippen LogP contribution < -0.4 is 32.2 Å². The summed E-state index contributed by atoms with van der Waals surface area (Å²) in [7, 11) is 11.1. The first-order chi connectivity index (χ1) is 26.9. The first-order valence-electron chi connectivity index (χ1n) is 19.5. The second kappa shape index (κ2) is 13.1. The van der Waals surface area contributed by atoms with Gasteiger partial charge >= 0.3 is 0 Å². The number of aromatic nitrogens is 4. The van der Waals surface area contributed by atoms with Crippen molar-refractivity contribution in [3.8, 4) is 39.9 Å². The van der Waals surface area contributed by atoms with Crippen LogP contribution in [-0.4, -0.2) is 58.8 Å². The van der Waals surface area contributed by atoms with Crippen molar-refractivity contribution in [1.29, 1.82) is 0 Å². The van der Waals surface area contributed by atoms with Crippen LogP contribution in [0.5, 0.6) is 0 Å². The maximum atomic E-state index is 5.51. The molecule has 258 valence electrons. The highest BCUT2D eigenvalue weighted by Gasteiger charge is 2.38. The number of anilines is 1. The Bertz CT molecular complexity index is 2840. The molecule has 0 amide bonds. The maximum Gasteiger partial charge on any atom is 0.238 e. The molecule has 3 aliphatic rings. The van der Waals surface area contributed by atoms with Gasteiger partial charge in [0.1, 0.15) is 39.2 Å². The summed E-state index contributed by atoms with van der Waals surface area (Å²) in [6, 6.07) is 32.5. The number of benzene rings is 5. The van der Waals surface area contributed by atoms with Crippen molar-refractivity contribution < 1.29 is 0 Å². The van der Waals surface area contributed by atoms with Gasteiger partial charge in [-0.2, -0.15) is 9.97 Å². The fourth-order valence-corrected chi connectivity index (χ4v) is 9.10. The first kappa shape index (κ1) is 33.6. The Labute approximate surface area is 326 Å². The molecule has 10 rings (SSSR count). The van der Waals surface area contributed by atoms with E-state index in [1.807, 2.05) is 0 Å². The predicted molar refractivity (Wildman–Crippen MR) is 245 cm³/mol. The van der Waals surface area contributed by atoms with Crippen LogP contribution in [0.25, 0.3) is 61.7 Å². The minimum atomic E-state index is 0.279. The Morgan fingerprint density at radius 3 is 2.15 bits per heavy atom. The summed E-state index contributed by atoms with van der Waals surface area (Å²) in [5.41, 5.74) is 17.9. The molecule has 0 N–H and O–H groups in total. The SMILES string of the molecule is Bc1c(B)c(B)c(-c2nc(-c3cccc(-c4ccccc4)c3)nc(-n3c4ccccc4c4ccc5c(c43)N(C3=CCCC=C3)C3=CC=CCC35)n2)c(B)c1B. The number of hydrogen-bond acceptors (Lipinski definition) is 4. The molecule has 0 saturated heterocycles. The topological polar surface area (TPSA) is 46.8 Å². The molecule has 10 heteroatoms. The molecule has 5 nitrogen and oxygen atoms in total. The van der Waals surface area contributed by atoms with Gasteiger partial charge in [-0.3, -0.25) is 4.57 Å². The second-order valence-corrected chi connectivity index (χ2v) is 15.2.